The van der Waals surface area contributed by atoms with Gasteiger partial charge in [0.2, 0.25) is 10.0 Å². The Morgan fingerprint density at radius 2 is 1.89 bits per heavy atom. The van der Waals surface area contributed by atoms with Crippen LogP contribution in [0.25, 0.3) is 0 Å². The van der Waals surface area contributed by atoms with Gasteiger partial charge in [0.05, 0.1) is 11.9 Å². The maximum Gasteiger partial charge on any atom is 0.257 e. The lowest BCUT2D eigenvalue weighted by atomic mass is 9.99. The first-order valence-electron chi connectivity index (χ1n) is 9.41. The van der Waals surface area contributed by atoms with Gasteiger partial charge in [-0.1, -0.05) is 6.92 Å². The number of piperidine rings is 1. The Hall–Kier alpha value is -1.80. The van der Waals surface area contributed by atoms with E-state index in [2.05, 4.69) is 17.1 Å². The first-order chi connectivity index (χ1) is 12.8. The van der Waals surface area contributed by atoms with Gasteiger partial charge < -0.3 is 15.0 Å². The van der Waals surface area contributed by atoms with Crippen molar-refractivity contribution in [3.05, 3.63) is 24.3 Å². The van der Waals surface area contributed by atoms with Crippen LogP contribution in [-0.4, -0.2) is 65.3 Å². The quantitative estimate of drug-likeness (QED) is 0.642. The number of amides is 1. The lowest BCUT2D eigenvalue weighted by Gasteiger charge is -2.30. The third-order valence-corrected chi connectivity index (χ3v) is 6.12. The van der Waals surface area contributed by atoms with Crippen molar-refractivity contribution in [1.82, 2.24) is 10.2 Å². The molecule has 8 heteroatoms. The van der Waals surface area contributed by atoms with Crippen LogP contribution in [0.4, 0.5) is 5.69 Å². The van der Waals surface area contributed by atoms with Gasteiger partial charge in [-0.15, -0.1) is 0 Å². The molecule has 1 saturated heterocycles. The van der Waals surface area contributed by atoms with Crippen molar-refractivity contribution < 1.29 is 17.9 Å². The SMILES string of the molecule is CC1CCN(CCCNC(=O)COc2ccc(N(C)S(C)(=O)=O)cc2)CC1. The number of hydrogen-bond donors (Lipinski definition) is 1. The number of anilines is 1. The lowest BCUT2D eigenvalue weighted by molar-refractivity contribution is -0.123. The molecule has 0 radical (unpaired) electrons. The summed E-state index contributed by atoms with van der Waals surface area (Å²) in [6.45, 7) is 6.22. The molecule has 0 aliphatic carbocycles. The summed E-state index contributed by atoms with van der Waals surface area (Å²) in [5.41, 5.74) is 0.543. The molecule has 152 valence electrons. The van der Waals surface area contributed by atoms with Gasteiger partial charge in [-0.3, -0.25) is 9.10 Å². The molecule has 1 N–H and O–H groups in total. The number of carbonyl (C=O) groups is 1. The highest BCUT2D eigenvalue weighted by molar-refractivity contribution is 7.92. The molecule has 27 heavy (non-hydrogen) atoms. The van der Waals surface area contributed by atoms with Crippen LogP contribution in [0.15, 0.2) is 24.3 Å². The first-order valence-corrected chi connectivity index (χ1v) is 11.3. The Bertz CT molecular complexity index is 698. The van der Waals surface area contributed by atoms with Gasteiger partial charge in [0.1, 0.15) is 5.75 Å². The molecule has 0 atom stereocenters. The summed E-state index contributed by atoms with van der Waals surface area (Å²) in [4.78, 5) is 14.3. The number of rotatable bonds is 9. The molecule has 1 aliphatic rings. The number of nitrogens with zero attached hydrogens (tertiary/aromatic N) is 2. The number of nitrogens with one attached hydrogen (secondary N) is 1. The second kappa shape index (κ2) is 9.94. The predicted octanol–water partition coefficient (Wildman–Crippen LogP) is 1.70. The van der Waals surface area contributed by atoms with Gasteiger partial charge in [0.15, 0.2) is 6.61 Å². The number of ether oxygens (including phenoxy) is 1. The molecule has 1 fully saturated rings. The van der Waals surface area contributed by atoms with Crippen LogP contribution >= 0.6 is 0 Å². The van der Waals surface area contributed by atoms with E-state index in [-0.39, 0.29) is 12.5 Å². The Kier molecular flexibility index (Phi) is 7.91. The third kappa shape index (κ3) is 7.38. The Labute approximate surface area is 162 Å². The van der Waals surface area contributed by atoms with Crippen molar-refractivity contribution in [2.45, 2.75) is 26.2 Å². The second-order valence-electron chi connectivity index (χ2n) is 7.24. The molecule has 1 aromatic rings. The second-order valence-corrected chi connectivity index (χ2v) is 9.25. The maximum atomic E-state index is 11.9. The zero-order chi connectivity index (χ0) is 19.9. The van der Waals surface area contributed by atoms with E-state index in [9.17, 15) is 13.2 Å². The van der Waals surface area contributed by atoms with Crippen LogP contribution in [-0.2, 0) is 14.8 Å². The molecule has 0 unspecified atom stereocenters. The Morgan fingerprint density at radius 3 is 2.48 bits per heavy atom. The highest BCUT2D eigenvalue weighted by atomic mass is 32.2. The largest absolute Gasteiger partial charge is 0.484 e. The van der Waals surface area contributed by atoms with Gasteiger partial charge >= 0.3 is 0 Å². The number of hydrogen-bond acceptors (Lipinski definition) is 5. The van der Waals surface area contributed by atoms with Crippen molar-refractivity contribution in [1.29, 1.82) is 0 Å². The van der Waals surface area contributed by atoms with E-state index in [1.54, 1.807) is 24.3 Å². The normalized spacial score (nSPS) is 16.1. The van der Waals surface area contributed by atoms with E-state index in [1.165, 1.54) is 24.2 Å². The van der Waals surface area contributed by atoms with Crippen molar-refractivity contribution in [2.24, 2.45) is 5.92 Å². The van der Waals surface area contributed by atoms with Crippen LogP contribution < -0.4 is 14.4 Å². The average molecular weight is 398 g/mol. The summed E-state index contributed by atoms with van der Waals surface area (Å²) in [7, 11) is -1.80. The summed E-state index contributed by atoms with van der Waals surface area (Å²) >= 11 is 0. The minimum Gasteiger partial charge on any atom is -0.484 e. The van der Waals surface area contributed by atoms with E-state index in [4.69, 9.17) is 4.74 Å². The fourth-order valence-electron chi connectivity index (χ4n) is 2.96. The van der Waals surface area contributed by atoms with Crippen molar-refractivity contribution in [3.8, 4) is 5.75 Å². The Balaban J connectivity index is 1.64. The molecule has 1 amide bonds. The maximum absolute atomic E-state index is 11.9. The summed E-state index contributed by atoms with van der Waals surface area (Å²) in [6.07, 6.45) is 4.61. The van der Waals surface area contributed by atoms with E-state index < -0.39 is 10.0 Å². The predicted molar refractivity (Wildman–Crippen MR) is 108 cm³/mol. The molecule has 0 spiro atoms. The van der Waals surface area contributed by atoms with Gasteiger partial charge in [-0.25, -0.2) is 8.42 Å². The fourth-order valence-corrected chi connectivity index (χ4v) is 3.46. The molecule has 0 aromatic heterocycles. The van der Waals surface area contributed by atoms with Crippen LogP contribution in [0.5, 0.6) is 5.75 Å². The zero-order valence-corrected chi connectivity index (χ0v) is 17.3. The first kappa shape index (κ1) is 21.5. The number of benzene rings is 1. The smallest absolute Gasteiger partial charge is 0.257 e. The lowest BCUT2D eigenvalue weighted by Crippen LogP contribution is -2.36. The summed E-state index contributed by atoms with van der Waals surface area (Å²) < 4.78 is 29.7. The minimum atomic E-state index is -3.29. The molecular weight excluding hydrogens is 366 g/mol. The number of sulfonamides is 1. The molecule has 0 saturated carbocycles. The summed E-state index contributed by atoms with van der Waals surface area (Å²) in [5, 5.41) is 2.87. The van der Waals surface area contributed by atoms with Crippen molar-refractivity contribution in [3.63, 3.8) is 0 Å². The van der Waals surface area contributed by atoms with Crippen LogP contribution in [0, 0.1) is 5.92 Å². The van der Waals surface area contributed by atoms with Gasteiger partial charge in [-0.2, -0.15) is 0 Å². The Morgan fingerprint density at radius 1 is 1.26 bits per heavy atom. The minimum absolute atomic E-state index is 0.0531. The van der Waals surface area contributed by atoms with Crippen LogP contribution in [0.1, 0.15) is 26.2 Å². The molecule has 0 bridgehead atoms. The highest BCUT2D eigenvalue weighted by Gasteiger charge is 2.15. The average Bonchev–Trinajstić information content (AvgIpc) is 2.64. The molecule has 1 aliphatic heterocycles. The van der Waals surface area contributed by atoms with E-state index >= 15 is 0 Å². The topological polar surface area (TPSA) is 79.0 Å². The third-order valence-electron chi connectivity index (χ3n) is 4.92. The monoisotopic (exact) mass is 397 g/mol. The summed E-state index contributed by atoms with van der Waals surface area (Å²) in [5.74, 6) is 1.21. The van der Waals surface area contributed by atoms with Crippen molar-refractivity contribution >= 4 is 21.6 Å². The molecule has 1 heterocycles. The molecule has 7 nitrogen and oxygen atoms in total. The highest BCUT2D eigenvalue weighted by Crippen LogP contribution is 2.20. The summed E-state index contributed by atoms with van der Waals surface area (Å²) in [6, 6.07) is 6.60. The number of likely N-dealkylation sites (tertiary alicyclic amines) is 1. The van der Waals surface area contributed by atoms with Gasteiger partial charge in [0, 0.05) is 13.6 Å². The van der Waals surface area contributed by atoms with E-state index in [0.717, 1.165) is 38.2 Å². The van der Waals surface area contributed by atoms with Crippen LogP contribution in [0.2, 0.25) is 0 Å². The fraction of sp³-hybridized carbons (Fsp3) is 0.632. The molecular formula is C19H31N3O4S. The van der Waals surface area contributed by atoms with Crippen LogP contribution in [0.3, 0.4) is 0 Å². The number of carbonyl (C=O) groups excluding carboxylic acids is 1. The molecule has 1 aromatic carbocycles. The molecule has 2 rings (SSSR count). The van der Waals surface area contributed by atoms with E-state index in [1.807, 2.05) is 0 Å². The zero-order valence-electron chi connectivity index (χ0n) is 16.5. The standard InChI is InChI=1S/C19H31N3O4S/c1-16-9-13-22(14-10-16)12-4-11-20-19(23)15-26-18-7-5-17(6-8-18)21(2)27(3,24)25/h5-8,16H,4,9-15H2,1-3H3,(H,20,23). The van der Waals surface area contributed by atoms with E-state index in [0.29, 0.717) is 18.0 Å². The van der Waals surface area contributed by atoms with Gasteiger partial charge in [-0.05, 0) is 69.1 Å². The van der Waals surface area contributed by atoms with Crippen molar-refractivity contribution in [2.75, 3.05) is 50.4 Å². The van der Waals surface area contributed by atoms with Gasteiger partial charge in [0.25, 0.3) is 5.91 Å².